The largest absolute Gasteiger partial charge is 0.339 e. The molecule has 0 aliphatic carbocycles. The van der Waals surface area contributed by atoms with Gasteiger partial charge in [-0.25, -0.2) is 0 Å². The fourth-order valence-electron chi connectivity index (χ4n) is 3.71. The van der Waals surface area contributed by atoms with Gasteiger partial charge in [-0.2, -0.15) is 8.75 Å². The molecule has 0 radical (unpaired) electrons. The zero-order valence-electron chi connectivity index (χ0n) is 14.3. The number of rotatable bonds is 3. The summed E-state index contributed by atoms with van der Waals surface area (Å²) in [6.45, 7) is 1.55. The molecule has 2 bridgehead atoms. The molecule has 0 unspecified atom stereocenters. The van der Waals surface area contributed by atoms with Gasteiger partial charge in [-0.15, -0.1) is 0 Å². The molecule has 0 saturated carbocycles. The van der Waals surface area contributed by atoms with Gasteiger partial charge in [-0.1, -0.05) is 15.9 Å². The van der Waals surface area contributed by atoms with Gasteiger partial charge in [-0.05, 0) is 49.6 Å². The number of nitrogens with zero attached hydrogens (tertiary/aromatic N) is 3. The van der Waals surface area contributed by atoms with E-state index in [1.54, 1.807) is 6.07 Å². The second-order valence-electron chi connectivity index (χ2n) is 6.86. The first-order valence-electron chi connectivity index (χ1n) is 8.81. The van der Waals surface area contributed by atoms with Crippen LogP contribution < -0.4 is 4.72 Å². The number of carbonyl (C=O) groups excluding carboxylic acids is 1. The minimum Gasteiger partial charge on any atom is -0.339 e. The van der Waals surface area contributed by atoms with Crippen molar-refractivity contribution in [3.8, 4) is 0 Å². The summed E-state index contributed by atoms with van der Waals surface area (Å²) in [7, 11) is -2.97. The highest BCUT2D eigenvalue weighted by Crippen LogP contribution is 2.45. The van der Waals surface area contributed by atoms with Gasteiger partial charge < -0.3 is 9.62 Å². The van der Waals surface area contributed by atoms with Gasteiger partial charge in [0.05, 0.1) is 27.9 Å². The van der Waals surface area contributed by atoms with E-state index in [2.05, 4.69) is 29.4 Å². The number of thiol groups is 1. The average molecular weight is 465 g/mol. The molecule has 6 nitrogen and oxygen atoms in total. The summed E-state index contributed by atoms with van der Waals surface area (Å²) < 4.78 is 26.2. The molecule has 140 valence electrons. The lowest BCUT2D eigenvalue weighted by molar-refractivity contribution is 0.0725. The third-order valence-electron chi connectivity index (χ3n) is 5.16. The summed E-state index contributed by atoms with van der Waals surface area (Å²) >= 11 is 4.58. The molecule has 9 heteroatoms. The Morgan fingerprint density at radius 1 is 1.15 bits per heavy atom. The predicted octanol–water partition coefficient (Wildman–Crippen LogP) is 3.86. The van der Waals surface area contributed by atoms with Crippen LogP contribution in [0.2, 0.25) is 0 Å². The van der Waals surface area contributed by atoms with E-state index in [0.717, 1.165) is 59.0 Å². The molecular weight excluding hydrogens is 448 g/mol. The quantitative estimate of drug-likeness (QED) is 0.577. The first kappa shape index (κ1) is 17.3. The van der Waals surface area contributed by atoms with Gasteiger partial charge >= 0.3 is 0 Å². The lowest BCUT2D eigenvalue weighted by Crippen LogP contribution is -2.37. The van der Waals surface area contributed by atoms with E-state index >= 15 is 0 Å². The van der Waals surface area contributed by atoms with Crippen LogP contribution in [-0.2, 0) is 10.1 Å². The number of benzene rings is 2. The van der Waals surface area contributed by atoms with Gasteiger partial charge in [0.1, 0.15) is 11.0 Å². The molecule has 0 spiro atoms. The second-order valence-corrected chi connectivity index (χ2v) is 10.7. The molecule has 3 aliphatic heterocycles. The Bertz CT molecular complexity index is 1120. The molecule has 4 heterocycles. The number of anilines is 1. The average Bonchev–Trinajstić information content (AvgIpc) is 3.17. The maximum Gasteiger partial charge on any atom is 0.255 e. The zero-order chi connectivity index (χ0) is 18.6. The van der Waals surface area contributed by atoms with E-state index in [0.29, 0.717) is 21.7 Å². The van der Waals surface area contributed by atoms with Gasteiger partial charge in [0.25, 0.3) is 5.91 Å². The van der Waals surface area contributed by atoms with Crippen LogP contribution in [0, 0.1) is 0 Å². The van der Waals surface area contributed by atoms with Crippen molar-refractivity contribution in [3.63, 3.8) is 0 Å². The van der Waals surface area contributed by atoms with Crippen LogP contribution in [0.4, 0.5) is 5.69 Å². The molecule has 1 saturated heterocycles. The summed E-state index contributed by atoms with van der Waals surface area (Å²) in [5, 5.41) is 0. The molecule has 6 rings (SSSR count). The number of hydrogen-bond acceptors (Lipinski definition) is 5. The fourth-order valence-corrected chi connectivity index (χ4v) is 6.93. The highest BCUT2D eigenvalue weighted by molar-refractivity contribution is 9.10. The molecule has 1 N–H and O–H groups in total. The third-order valence-corrected chi connectivity index (χ3v) is 8.76. The van der Waals surface area contributed by atoms with E-state index in [9.17, 15) is 9.00 Å². The highest BCUT2D eigenvalue weighted by atomic mass is 79.9. The maximum absolute atomic E-state index is 13.7. The number of amides is 1. The Morgan fingerprint density at radius 2 is 1.96 bits per heavy atom. The lowest BCUT2D eigenvalue weighted by Gasteiger charge is -2.36. The van der Waals surface area contributed by atoms with E-state index in [-0.39, 0.29) is 5.91 Å². The van der Waals surface area contributed by atoms with Crippen molar-refractivity contribution in [3.05, 3.63) is 40.4 Å². The van der Waals surface area contributed by atoms with Crippen molar-refractivity contribution in [1.82, 2.24) is 13.6 Å². The Morgan fingerprint density at radius 3 is 2.78 bits per heavy atom. The molecule has 1 amide bonds. The lowest BCUT2D eigenvalue weighted by atomic mass is 10.1. The number of carbonyl (C=O) groups is 1. The molecule has 3 aromatic rings. The van der Waals surface area contributed by atoms with E-state index in [1.165, 1.54) is 0 Å². The SMILES string of the molecule is O=C(c1ccc(Br)cc1N[SH]1(=O)c2cc1c1nsnc1c2)N1CCCCC1. The number of hydrogen-bond donors (Lipinski definition) is 2. The Kier molecular flexibility index (Phi) is 4.06. The van der Waals surface area contributed by atoms with Crippen LogP contribution in [0.25, 0.3) is 11.0 Å². The summed E-state index contributed by atoms with van der Waals surface area (Å²) in [5.74, 6) is -0.0130. The Hall–Kier alpha value is -1.84. The molecule has 3 aliphatic rings. The minimum absolute atomic E-state index is 0.0130. The van der Waals surface area contributed by atoms with Crippen molar-refractivity contribution in [1.29, 1.82) is 0 Å². The number of piperidine rings is 1. The van der Waals surface area contributed by atoms with Crippen molar-refractivity contribution < 1.29 is 9.00 Å². The van der Waals surface area contributed by atoms with Crippen LogP contribution in [0.5, 0.6) is 0 Å². The van der Waals surface area contributed by atoms with E-state index < -0.39 is 10.1 Å². The van der Waals surface area contributed by atoms with Crippen molar-refractivity contribution >= 4 is 60.4 Å². The number of nitrogens with one attached hydrogen (secondary N) is 1. The smallest absolute Gasteiger partial charge is 0.255 e. The summed E-state index contributed by atoms with van der Waals surface area (Å²) in [6, 6.07) is 9.18. The molecular formula is C18H17BrN4O2S2. The van der Waals surface area contributed by atoms with Crippen LogP contribution in [0.3, 0.4) is 0 Å². The molecule has 27 heavy (non-hydrogen) atoms. The van der Waals surface area contributed by atoms with Gasteiger partial charge in [0.2, 0.25) is 0 Å². The Balaban J connectivity index is 1.52. The van der Waals surface area contributed by atoms with Gasteiger partial charge in [-0.3, -0.25) is 9.00 Å². The standard InChI is InChI=1S/C18H17BrN4O2S2/c19-11-4-5-13(18(24)23-6-2-1-3-7-23)14(8-11)22-27(25)12-9-15-17(16(27)10-12)21-26-20-15/h4-5,8-10,27H,1-3,6-7H2,(H,22,25). The van der Waals surface area contributed by atoms with Crippen molar-refractivity contribution in [2.75, 3.05) is 17.8 Å². The van der Waals surface area contributed by atoms with Crippen LogP contribution in [0.1, 0.15) is 29.6 Å². The maximum atomic E-state index is 13.7. The monoisotopic (exact) mass is 464 g/mol. The molecule has 0 atom stereocenters. The fraction of sp³-hybridized carbons (Fsp3) is 0.278. The van der Waals surface area contributed by atoms with Gasteiger partial charge in [0.15, 0.2) is 0 Å². The first-order valence-corrected chi connectivity index (χ1v) is 12.0. The topological polar surface area (TPSA) is 75.2 Å². The van der Waals surface area contributed by atoms with Crippen molar-refractivity contribution in [2.45, 2.75) is 29.1 Å². The first-order chi connectivity index (χ1) is 13.1. The van der Waals surface area contributed by atoms with Crippen LogP contribution >= 0.6 is 27.7 Å². The molecule has 2 aromatic carbocycles. The third kappa shape index (κ3) is 2.71. The molecule has 1 aromatic heterocycles. The zero-order valence-corrected chi connectivity index (χ0v) is 17.6. The number of likely N-dealkylation sites (tertiary alicyclic amines) is 1. The minimum atomic E-state index is -2.97. The predicted molar refractivity (Wildman–Crippen MR) is 111 cm³/mol. The van der Waals surface area contributed by atoms with Crippen molar-refractivity contribution in [2.24, 2.45) is 0 Å². The summed E-state index contributed by atoms with van der Waals surface area (Å²) in [6.07, 6.45) is 3.22. The van der Waals surface area contributed by atoms with E-state index in [4.69, 9.17) is 0 Å². The summed E-state index contributed by atoms with van der Waals surface area (Å²) in [5.41, 5.74) is 2.61. The van der Waals surface area contributed by atoms with Crippen LogP contribution in [-0.4, -0.2) is 36.9 Å². The number of aromatic nitrogens is 2. The highest BCUT2D eigenvalue weighted by Gasteiger charge is 2.35. The van der Waals surface area contributed by atoms with Gasteiger partial charge in [0, 0.05) is 32.6 Å². The summed E-state index contributed by atoms with van der Waals surface area (Å²) in [4.78, 5) is 16.4. The number of halogens is 1. The van der Waals surface area contributed by atoms with E-state index in [1.807, 2.05) is 29.2 Å². The van der Waals surface area contributed by atoms with Crippen LogP contribution in [0.15, 0.2) is 44.6 Å². The molecule has 1 fully saturated rings. The normalized spacial score (nSPS) is 18.8. The second kappa shape index (κ2) is 6.35. The Labute approximate surface area is 170 Å².